The Hall–Kier alpha value is -2.13. The molecule has 0 aliphatic carbocycles. The van der Waals surface area contributed by atoms with Crippen molar-refractivity contribution < 1.29 is 4.92 Å². The van der Waals surface area contributed by atoms with Gasteiger partial charge < -0.3 is 10.6 Å². The summed E-state index contributed by atoms with van der Waals surface area (Å²) < 4.78 is 0. The molecule has 0 bridgehead atoms. The molecule has 0 atom stereocenters. The van der Waals surface area contributed by atoms with Crippen LogP contribution in [0, 0.1) is 26.9 Å². The minimum Gasteiger partial charge on any atom is -0.374 e. The van der Waals surface area contributed by atoms with Crippen LogP contribution >= 0.6 is 0 Å². The molecule has 0 heterocycles. The molecule has 6 nitrogen and oxygen atoms in total. The lowest BCUT2D eigenvalue weighted by atomic mass is 9.93. The molecule has 1 aromatic rings. The number of benzene rings is 1. The van der Waals surface area contributed by atoms with Crippen molar-refractivity contribution in [2.75, 3.05) is 25.0 Å². The molecule has 6 heteroatoms. The summed E-state index contributed by atoms with van der Waals surface area (Å²) in [7, 11) is 1.85. The average molecular weight is 262 g/mol. The SMILES string of the molecule is CN(CC(C)(C)CN)c1ccc(C#N)c([N+](=O)[O-])c1. The Kier molecular flexibility index (Phi) is 4.46. The lowest BCUT2D eigenvalue weighted by Gasteiger charge is -2.30. The van der Waals surface area contributed by atoms with Gasteiger partial charge in [0.1, 0.15) is 11.6 Å². The largest absolute Gasteiger partial charge is 0.374 e. The summed E-state index contributed by atoms with van der Waals surface area (Å²) in [6.07, 6.45) is 0. The number of nitro groups is 1. The van der Waals surface area contributed by atoms with Gasteiger partial charge in [-0.25, -0.2) is 0 Å². The van der Waals surface area contributed by atoms with Gasteiger partial charge in [-0.1, -0.05) is 13.8 Å². The third-order valence-corrected chi connectivity index (χ3v) is 2.96. The highest BCUT2D eigenvalue weighted by atomic mass is 16.6. The standard InChI is InChI=1S/C13H18N4O2/c1-13(2,8-15)9-16(3)11-5-4-10(7-14)12(6-11)17(18)19/h4-6H,8-9,15H2,1-3H3. The highest BCUT2D eigenvalue weighted by Gasteiger charge is 2.21. The number of hydrogen-bond donors (Lipinski definition) is 1. The summed E-state index contributed by atoms with van der Waals surface area (Å²) in [5, 5.41) is 19.7. The molecular formula is C13H18N4O2. The Morgan fingerprint density at radius 2 is 2.16 bits per heavy atom. The second kappa shape index (κ2) is 5.67. The second-order valence-electron chi connectivity index (χ2n) is 5.29. The van der Waals surface area contributed by atoms with Gasteiger partial charge in [-0.3, -0.25) is 10.1 Å². The van der Waals surface area contributed by atoms with Gasteiger partial charge in [0.05, 0.1) is 4.92 Å². The topological polar surface area (TPSA) is 96.2 Å². The molecule has 0 amide bonds. The maximum atomic E-state index is 10.9. The fourth-order valence-electron chi connectivity index (χ4n) is 1.80. The Bertz CT molecular complexity index is 520. The maximum absolute atomic E-state index is 10.9. The number of anilines is 1. The highest BCUT2D eigenvalue weighted by Crippen LogP contribution is 2.26. The summed E-state index contributed by atoms with van der Waals surface area (Å²) in [4.78, 5) is 12.3. The average Bonchev–Trinajstić information content (AvgIpc) is 2.37. The summed E-state index contributed by atoms with van der Waals surface area (Å²) in [6.45, 7) is 5.26. The summed E-state index contributed by atoms with van der Waals surface area (Å²) in [5.41, 5.74) is 6.19. The molecule has 2 N–H and O–H groups in total. The number of nitriles is 1. The fourth-order valence-corrected chi connectivity index (χ4v) is 1.80. The highest BCUT2D eigenvalue weighted by molar-refractivity contribution is 5.60. The molecule has 0 aromatic heterocycles. The van der Waals surface area contributed by atoms with E-state index in [9.17, 15) is 10.1 Å². The van der Waals surface area contributed by atoms with Crippen LogP contribution in [-0.2, 0) is 0 Å². The van der Waals surface area contributed by atoms with Crippen LogP contribution in [0.25, 0.3) is 0 Å². The van der Waals surface area contributed by atoms with E-state index in [1.54, 1.807) is 6.07 Å². The number of nitro benzene ring substituents is 1. The first-order valence-corrected chi connectivity index (χ1v) is 5.90. The van der Waals surface area contributed by atoms with Crippen molar-refractivity contribution in [1.29, 1.82) is 5.26 Å². The first kappa shape index (κ1) is 14.9. The molecule has 0 aliphatic rings. The van der Waals surface area contributed by atoms with Gasteiger partial charge in [0, 0.05) is 25.3 Å². The molecule has 1 rings (SSSR count). The van der Waals surface area contributed by atoms with Crippen molar-refractivity contribution >= 4 is 11.4 Å². The molecule has 0 radical (unpaired) electrons. The van der Waals surface area contributed by atoms with Crippen LogP contribution < -0.4 is 10.6 Å². The molecule has 102 valence electrons. The lowest BCUT2D eigenvalue weighted by molar-refractivity contribution is -0.385. The van der Waals surface area contributed by atoms with Crippen LogP contribution in [0.5, 0.6) is 0 Å². The quantitative estimate of drug-likeness (QED) is 0.645. The van der Waals surface area contributed by atoms with Gasteiger partial charge in [0.25, 0.3) is 5.69 Å². The number of hydrogen-bond acceptors (Lipinski definition) is 5. The molecule has 0 saturated carbocycles. The van der Waals surface area contributed by atoms with E-state index in [1.807, 2.05) is 31.9 Å². The summed E-state index contributed by atoms with van der Waals surface area (Å²) in [5.74, 6) is 0. The molecule has 0 saturated heterocycles. The molecule has 0 spiro atoms. The Balaban J connectivity index is 3.06. The minimum atomic E-state index is -0.538. The minimum absolute atomic E-state index is 0.0697. The zero-order chi connectivity index (χ0) is 14.6. The van der Waals surface area contributed by atoms with E-state index in [1.165, 1.54) is 12.1 Å². The van der Waals surface area contributed by atoms with Crippen LogP contribution in [0.3, 0.4) is 0 Å². The Morgan fingerprint density at radius 1 is 1.53 bits per heavy atom. The van der Waals surface area contributed by atoms with Gasteiger partial charge in [-0.2, -0.15) is 5.26 Å². The summed E-state index contributed by atoms with van der Waals surface area (Å²) >= 11 is 0. The van der Waals surface area contributed by atoms with Crippen molar-refractivity contribution in [1.82, 2.24) is 0 Å². The van der Waals surface area contributed by atoms with Crippen molar-refractivity contribution in [3.63, 3.8) is 0 Å². The van der Waals surface area contributed by atoms with Crippen molar-refractivity contribution in [2.24, 2.45) is 11.1 Å². The van der Waals surface area contributed by atoms with E-state index in [0.29, 0.717) is 18.8 Å². The normalized spacial score (nSPS) is 10.9. The molecule has 0 aliphatic heterocycles. The van der Waals surface area contributed by atoms with Gasteiger partial charge in [-0.15, -0.1) is 0 Å². The second-order valence-corrected chi connectivity index (χ2v) is 5.29. The zero-order valence-corrected chi connectivity index (χ0v) is 11.4. The van der Waals surface area contributed by atoms with Gasteiger partial charge in [0.15, 0.2) is 0 Å². The van der Waals surface area contributed by atoms with E-state index >= 15 is 0 Å². The van der Waals surface area contributed by atoms with Crippen LogP contribution in [-0.4, -0.2) is 25.1 Å². The van der Waals surface area contributed by atoms with Crippen LogP contribution in [0.4, 0.5) is 11.4 Å². The first-order chi connectivity index (χ1) is 8.80. The monoisotopic (exact) mass is 262 g/mol. The zero-order valence-electron chi connectivity index (χ0n) is 11.4. The molecule has 0 fully saturated rings. The van der Waals surface area contributed by atoms with Crippen molar-refractivity contribution in [3.8, 4) is 6.07 Å². The lowest BCUT2D eigenvalue weighted by Crippen LogP contribution is -2.36. The fraction of sp³-hybridized carbons (Fsp3) is 0.462. The van der Waals surface area contributed by atoms with Gasteiger partial charge in [-0.05, 0) is 24.1 Å². The smallest absolute Gasteiger partial charge is 0.289 e. The number of nitrogens with zero attached hydrogens (tertiary/aromatic N) is 3. The third kappa shape index (κ3) is 3.66. The number of rotatable bonds is 5. The van der Waals surface area contributed by atoms with E-state index < -0.39 is 4.92 Å². The van der Waals surface area contributed by atoms with Crippen molar-refractivity contribution in [2.45, 2.75) is 13.8 Å². The molecule has 19 heavy (non-hydrogen) atoms. The van der Waals surface area contributed by atoms with E-state index in [4.69, 9.17) is 11.0 Å². The van der Waals surface area contributed by atoms with Crippen LogP contribution in [0.2, 0.25) is 0 Å². The maximum Gasteiger partial charge on any atom is 0.289 e. The Morgan fingerprint density at radius 3 is 2.63 bits per heavy atom. The van der Waals surface area contributed by atoms with Crippen LogP contribution in [0.15, 0.2) is 18.2 Å². The molecule has 0 unspecified atom stereocenters. The van der Waals surface area contributed by atoms with Gasteiger partial charge in [0.2, 0.25) is 0 Å². The summed E-state index contributed by atoms with van der Waals surface area (Å²) in [6, 6.07) is 6.42. The van der Waals surface area contributed by atoms with Crippen molar-refractivity contribution in [3.05, 3.63) is 33.9 Å². The van der Waals surface area contributed by atoms with E-state index in [0.717, 1.165) is 0 Å². The predicted molar refractivity (Wildman–Crippen MR) is 73.9 cm³/mol. The molecular weight excluding hydrogens is 244 g/mol. The van der Waals surface area contributed by atoms with Crippen LogP contribution in [0.1, 0.15) is 19.4 Å². The third-order valence-electron chi connectivity index (χ3n) is 2.96. The van der Waals surface area contributed by atoms with E-state index in [2.05, 4.69) is 0 Å². The molecule has 1 aromatic carbocycles. The Labute approximate surface area is 112 Å². The predicted octanol–water partition coefficient (Wildman–Crippen LogP) is 1.89. The van der Waals surface area contributed by atoms with E-state index in [-0.39, 0.29) is 16.7 Å². The number of nitrogens with two attached hydrogens (primary N) is 1. The van der Waals surface area contributed by atoms with Gasteiger partial charge >= 0.3 is 0 Å². The first-order valence-electron chi connectivity index (χ1n) is 5.90.